The van der Waals surface area contributed by atoms with E-state index in [4.69, 9.17) is 16.6 Å². The molecule has 0 spiro atoms. The van der Waals surface area contributed by atoms with Crippen LogP contribution in [0.5, 0.6) is 0 Å². The molecule has 0 radical (unpaired) electrons. The van der Waals surface area contributed by atoms with Gasteiger partial charge in [-0.2, -0.15) is 4.98 Å². The van der Waals surface area contributed by atoms with Crippen LogP contribution in [0, 0.1) is 4.77 Å². The van der Waals surface area contributed by atoms with E-state index in [0.717, 1.165) is 5.76 Å². The van der Waals surface area contributed by atoms with Crippen LogP contribution in [0.1, 0.15) is 19.6 Å². The van der Waals surface area contributed by atoms with E-state index >= 15 is 0 Å². The molecule has 0 unspecified atom stereocenters. The third-order valence-electron chi connectivity index (χ3n) is 2.09. The summed E-state index contributed by atoms with van der Waals surface area (Å²) < 4.78 is 7.50. The molecule has 0 amide bonds. The minimum atomic E-state index is 0.283. The van der Waals surface area contributed by atoms with Crippen LogP contribution in [0.2, 0.25) is 0 Å². The minimum Gasteiger partial charge on any atom is -0.467 e. The van der Waals surface area contributed by atoms with Gasteiger partial charge in [-0.05, 0) is 38.2 Å². The monoisotopic (exact) mass is 250 g/mol. The first kappa shape index (κ1) is 11.8. The Kier molecular flexibility index (Phi) is 3.53. The Morgan fingerprint density at radius 2 is 2.35 bits per heavy atom. The van der Waals surface area contributed by atoms with Gasteiger partial charge in [-0.3, -0.25) is 4.57 Å². The second-order valence-corrected chi connectivity index (χ2v) is 4.33. The van der Waals surface area contributed by atoms with Gasteiger partial charge in [0.25, 0.3) is 0 Å². The molecule has 0 aliphatic heterocycles. The van der Waals surface area contributed by atoms with Crippen LogP contribution in [0.25, 0.3) is 0 Å². The summed E-state index contributed by atoms with van der Waals surface area (Å²) in [6.07, 6.45) is 3.30. The maximum Gasteiger partial charge on any atom is 0.227 e. The van der Waals surface area contributed by atoms with Gasteiger partial charge in [-0.1, -0.05) is 0 Å². The van der Waals surface area contributed by atoms with Crippen LogP contribution in [0.15, 0.2) is 29.1 Å². The lowest BCUT2D eigenvalue weighted by atomic mass is 10.4. The van der Waals surface area contributed by atoms with Gasteiger partial charge in [-0.15, -0.1) is 0 Å². The molecule has 0 fully saturated rings. The van der Waals surface area contributed by atoms with Crippen molar-refractivity contribution in [3.8, 4) is 0 Å². The molecule has 0 saturated heterocycles. The van der Waals surface area contributed by atoms with Gasteiger partial charge in [0.1, 0.15) is 12.1 Å². The zero-order valence-corrected chi connectivity index (χ0v) is 10.6. The first-order valence-corrected chi connectivity index (χ1v) is 5.78. The van der Waals surface area contributed by atoms with Gasteiger partial charge in [0.05, 0.1) is 12.8 Å². The van der Waals surface area contributed by atoms with Gasteiger partial charge in [0, 0.05) is 6.04 Å². The molecule has 2 aromatic heterocycles. The Morgan fingerprint density at radius 3 is 2.94 bits per heavy atom. The molecular formula is C11H14N4OS. The zero-order valence-electron chi connectivity index (χ0n) is 9.75. The molecular weight excluding hydrogens is 236 g/mol. The van der Waals surface area contributed by atoms with Crippen molar-refractivity contribution in [2.24, 2.45) is 0 Å². The summed E-state index contributed by atoms with van der Waals surface area (Å²) in [7, 11) is 0. The van der Waals surface area contributed by atoms with Gasteiger partial charge >= 0.3 is 0 Å². The van der Waals surface area contributed by atoms with Gasteiger partial charge < -0.3 is 9.73 Å². The number of hydrogen-bond donors (Lipinski definition) is 1. The van der Waals surface area contributed by atoms with Crippen molar-refractivity contribution in [2.45, 2.75) is 26.4 Å². The van der Waals surface area contributed by atoms with E-state index in [0.29, 0.717) is 17.3 Å². The quantitative estimate of drug-likeness (QED) is 0.845. The van der Waals surface area contributed by atoms with E-state index in [9.17, 15) is 0 Å². The van der Waals surface area contributed by atoms with Crippen LogP contribution < -0.4 is 5.32 Å². The summed E-state index contributed by atoms with van der Waals surface area (Å²) >= 11 is 5.20. The Bertz CT molecular complexity index is 533. The maximum atomic E-state index is 5.25. The molecule has 5 nitrogen and oxygen atoms in total. The first-order chi connectivity index (χ1) is 8.15. The lowest BCUT2D eigenvalue weighted by Gasteiger charge is -2.09. The highest BCUT2D eigenvalue weighted by Crippen LogP contribution is 2.05. The normalized spacial score (nSPS) is 10.8. The largest absolute Gasteiger partial charge is 0.467 e. The molecule has 0 saturated carbocycles. The first-order valence-electron chi connectivity index (χ1n) is 5.37. The molecule has 2 rings (SSSR count). The molecule has 0 aromatic carbocycles. The van der Waals surface area contributed by atoms with Crippen molar-refractivity contribution >= 4 is 18.2 Å². The van der Waals surface area contributed by atoms with Crippen LogP contribution in [0.3, 0.4) is 0 Å². The number of anilines is 1. The summed E-state index contributed by atoms with van der Waals surface area (Å²) in [6, 6.07) is 4.02. The Balaban J connectivity index is 2.17. The van der Waals surface area contributed by atoms with E-state index in [2.05, 4.69) is 15.3 Å². The Morgan fingerprint density at radius 1 is 1.53 bits per heavy atom. The smallest absolute Gasteiger partial charge is 0.227 e. The second kappa shape index (κ2) is 5.09. The minimum absolute atomic E-state index is 0.283. The number of aromatic nitrogens is 3. The Labute approximate surface area is 105 Å². The topological polar surface area (TPSA) is 55.9 Å². The fourth-order valence-corrected chi connectivity index (χ4v) is 1.56. The molecule has 1 N–H and O–H groups in total. The number of nitrogens with zero attached hydrogens (tertiary/aromatic N) is 3. The zero-order chi connectivity index (χ0) is 12.3. The Hall–Kier alpha value is -1.69. The summed E-state index contributed by atoms with van der Waals surface area (Å²) in [4.78, 5) is 8.40. The predicted octanol–water partition coefficient (Wildman–Crippen LogP) is 2.47. The van der Waals surface area contributed by atoms with Crippen molar-refractivity contribution in [3.63, 3.8) is 0 Å². The molecule has 17 heavy (non-hydrogen) atoms. The fraction of sp³-hybridized carbons (Fsp3) is 0.364. The highest BCUT2D eigenvalue weighted by molar-refractivity contribution is 7.71. The number of rotatable bonds is 4. The predicted molar refractivity (Wildman–Crippen MR) is 67.4 cm³/mol. The summed E-state index contributed by atoms with van der Waals surface area (Å²) in [5, 5.41) is 3.11. The van der Waals surface area contributed by atoms with Gasteiger partial charge in [0.15, 0.2) is 0 Å². The van der Waals surface area contributed by atoms with Crippen molar-refractivity contribution in [3.05, 3.63) is 35.3 Å². The highest BCUT2D eigenvalue weighted by atomic mass is 32.1. The standard InChI is InChI=1S/C11H14N4OS/c1-8(2)13-10-12-7-15(11(17)14-10)6-9-4-3-5-16-9/h3-5,7-8H,6H2,1-2H3,(H,13,14,17). The van der Waals surface area contributed by atoms with E-state index in [-0.39, 0.29) is 6.04 Å². The van der Waals surface area contributed by atoms with Crippen LogP contribution in [0.4, 0.5) is 5.95 Å². The van der Waals surface area contributed by atoms with Crippen molar-refractivity contribution < 1.29 is 4.42 Å². The highest BCUT2D eigenvalue weighted by Gasteiger charge is 2.02. The van der Waals surface area contributed by atoms with E-state index in [1.54, 1.807) is 17.2 Å². The lowest BCUT2D eigenvalue weighted by Crippen LogP contribution is -2.14. The average molecular weight is 250 g/mol. The van der Waals surface area contributed by atoms with Crippen LogP contribution in [-0.4, -0.2) is 20.6 Å². The van der Waals surface area contributed by atoms with Gasteiger partial charge in [-0.25, -0.2) is 4.98 Å². The average Bonchev–Trinajstić information content (AvgIpc) is 2.74. The summed E-state index contributed by atoms with van der Waals surface area (Å²) in [5.41, 5.74) is 0. The molecule has 0 aliphatic carbocycles. The van der Waals surface area contributed by atoms with E-state index in [1.165, 1.54) is 0 Å². The number of hydrogen-bond acceptors (Lipinski definition) is 5. The maximum absolute atomic E-state index is 5.25. The summed E-state index contributed by atoms with van der Waals surface area (Å²) in [6.45, 7) is 4.60. The second-order valence-electron chi connectivity index (χ2n) is 3.97. The number of nitrogens with one attached hydrogen (secondary N) is 1. The molecule has 0 bridgehead atoms. The third kappa shape index (κ3) is 3.13. The van der Waals surface area contributed by atoms with E-state index in [1.807, 2.05) is 26.0 Å². The van der Waals surface area contributed by atoms with Crippen LogP contribution in [-0.2, 0) is 6.54 Å². The SMILES string of the molecule is CC(C)Nc1ncn(Cc2ccco2)c(=S)n1. The van der Waals surface area contributed by atoms with Crippen molar-refractivity contribution in [2.75, 3.05) is 5.32 Å². The van der Waals surface area contributed by atoms with Crippen molar-refractivity contribution in [1.82, 2.24) is 14.5 Å². The lowest BCUT2D eigenvalue weighted by molar-refractivity contribution is 0.487. The summed E-state index contributed by atoms with van der Waals surface area (Å²) in [5.74, 6) is 1.38. The molecule has 2 aromatic rings. The molecule has 0 aliphatic rings. The van der Waals surface area contributed by atoms with Gasteiger partial charge in [0.2, 0.25) is 10.7 Å². The molecule has 6 heteroatoms. The number of furan rings is 1. The molecule has 90 valence electrons. The molecule has 0 atom stereocenters. The van der Waals surface area contributed by atoms with Crippen molar-refractivity contribution in [1.29, 1.82) is 0 Å². The van der Waals surface area contributed by atoms with Crippen LogP contribution >= 0.6 is 12.2 Å². The molecule has 2 heterocycles. The third-order valence-corrected chi connectivity index (χ3v) is 2.42. The fourth-order valence-electron chi connectivity index (χ4n) is 1.36. The van der Waals surface area contributed by atoms with E-state index < -0.39 is 0 Å².